The highest BCUT2D eigenvalue weighted by Gasteiger charge is 2.29. The maximum atomic E-state index is 13.1. The Balaban J connectivity index is 1.71. The van der Waals surface area contributed by atoms with E-state index in [-0.39, 0.29) is 22.8 Å². The number of rotatable bonds is 7. The van der Waals surface area contributed by atoms with Gasteiger partial charge in [0, 0.05) is 50.7 Å². The third kappa shape index (κ3) is 4.17. The van der Waals surface area contributed by atoms with Crippen molar-refractivity contribution in [3.05, 3.63) is 53.5 Å². The van der Waals surface area contributed by atoms with Crippen LogP contribution in [0.15, 0.2) is 41.3 Å². The number of phenols is 1. The maximum absolute atomic E-state index is 13.1. The highest BCUT2D eigenvalue weighted by molar-refractivity contribution is 6.17. The molecule has 0 aliphatic carbocycles. The van der Waals surface area contributed by atoms with E-state index in [1.807, 2.05) is 0 Å². The smallest absolute Gasteiger partial charge is 0.178 e. The lowest BCUT2D eigenvalue weighted by Crippen LogP contribution is -2.43. The first kappa shape index (κ1) is 21.0. The molecular formula is C23H25N3O5. The number of benzene rings is 1. The molecule has 1 aliphatic rings. The first-order valence-electron chi connectivity index (χ1n) is 10.2. The minimum atomic E-state index is -0.508. The van der Waals surface area contributed by atoms with Crippen LogP contribution in [0.25, 0.3) is 11.0 Å². The van der Waals surface area contributed by atoms with Crippen LogP contribution >= 0.6 is 0 Å². The SMILES string of the molecule is COc1c(C(=O)CC(=O)c2cccnc2)c(O)c(CN2CCN(C)CC2)c2occc12. The molecule has 31 heavy (non-hydrogen) atoms. The van der Waals surface area contributed by atoms with Crippen LogP contribution in [0.2, 0.25) is 0 Å². The molecule has 0 unspecified atom stereocenters. The van der Waals surface area contributed by atoms with Crippen molar-refractivity contribution >= 4 is 22.5 Å². The standard InChI is InChI=1S/C23H25N3O5/c1-25-7-9-26(10-8-25)14-17-21(29)20(23(30-2)16-5-11-31-22(16)17)19(28)12-18(27)15-4-3-6-24-13-15/h3-6,11,13,29H,7-10,12,14H2,1-2H3. The highest BCUT2D eigenvalue weighted by atomic mass is 16.5. The van der Waals surface area contributed by atoms with Crippen molar-refractivity contribution in [3.8, 4) is 11.5 Å². The van der Waals surface area contributed by atoms with Crippen molar-refractivity contribution in [1.29, 1.82) is 0 Å². The summed E-state index contributed by atoms with van der Waals surface area (Å²) < 4.78 is 11.1. The van der Waals surface area contributed by atoms with E-state index < -0.39 is 12.2 Å². The van der Waals surface area contributed by atoms with Gasteiger partial charge in [-0.1, -0.05) is 0 Å². The van der Waals surface area contributed by atoms with Gasteiger partial charge in [-0.3, -0.25) is 19.5 Å². The summed E-state index contributed by atoms with van der Waals surface area (Å²) >= 11 is 0. The van der Waals surface area contributed by atoms with Crippen molar-refractivity contribution in [1.82, 2.24) is 14.8 Å². The number of ketones is 2. The monoisotopic (exact) mass is 423 g/mol. The summed E-state index contributed by atoms with van der Waals surface area (Å²) in [5.74, 6) is -0.854. The van der Waals surface area contributed by atoms with Crippen LogP contribution < -0.4 is 4.74 Å². The third-order valence-electron chi connectivity index (χ3n) is 5.70. The first-order valence-corrected chi connectivity index (χ1v) is 10.2. The summed E-state index contributed by atoms with van der Waals surface area (Å²) in [7, 11) is 3.50. The van der Waals surface area contributed by atoms with Crippen molar-refractivity contribution in [2.75, 3.05) is 40.3 Å². The number of aromatic nitrogens is 1. The van der Waals surface area contributed by atoms with Gasteiger partial charge in [-0.15, -0.1) is 0 Å². The van der Waals surface area contributed by atoms with E-state index in [0.29, 0.717) is 28.6 Å². The number of likely N-dealkylation sites (N-methyl/N-ethyl adjacent to an activating group) is 1. The number of hydrogen-bond acceptors (Lipinski definition) is 8. The fourth-order valence-corrected chi connectivity index (χ4v) is 3.93. The number of hydrogen-bond donors (Lipinski definition) is 1. The van der Waals surface area contributed by atoms with Crippen LogP contribution in [0.1, 0.15) is 32.7 Å². The van der Waals surface area contributed by atoms with E-state index in [2.05, 4.69) is 21.8 Å². The van der Waals surface area contributed by atoms with Gasteiger partial charge in [-0.25, -0.2) is 0 Å². The number of Topliss-reactive ketones (excluding diaryl/α,β-unsaturated/α-hetero) is 2. The average molecular weight is 423 g/mol. The molecule has 0 radical (unpaired) electrons. The Morgan fingerprint density at radius 3 is 2.65 bits per heavy atom. The highest BCUT2D eigenvalue weighted by Crippen LogP contribution is 2.42. The molecule has 1 N–H and O–H groups in total. The summed E-state index contributed by atoms with van der Waals surface area (Å²) in [4.78, 5) is 34.1. The topological polar surface area (TPSA) is 96.1 Å². The second-order valence-corrected chi connectivity index (χ2v) is 7.74. The summed E-state index contributed by atoms with van der Waals surface area (Å²) in [6.45, 7) is 3.96. The molecule has 8 nitrogen and oxygen atoms in total. The first-order chi connectivity index (χ1) is 15.0. The zero-order valence-electron chi connectivity index (χ0n) is 17.6. The van der Waals surface area contributed by atoms with Crippen LogP contribution in [-0.4, -0.2) is 71.8 Å². The van der Waals surface area contributed by atoms with Crippen molar-refractivity contribution < 1.29 is 23.8 Å². The summed E-state index contributed by atoms with van der Waals surface area (Å²) in [5, 5.41) is 11.7. The van der Waals surface area contributed by atoms with Crippen LogP contribution in [-0.2, 0) is 6.54 Å². The van der Waals surface area contributed by atoms with E-state index in [0.717, 1.165) is 26.2 Å². The Labute approximate surface area is 180 Å². The number of aromatic hydroxyl groups is 1. The fraction of sp³-hybridized carbons (Fsp3) is 0.348. The summed E-state index contributed by atoms with van der Waals surface area (Å²) in [6, 6.07) is 4.96. The number of nitrogens with zero attached hydrogens (tertiary/aromatic N) is 3. The van der Waals surface area contributed by atoms with Gasteiger partial charge >= 0.3 is 0 Å². The lowest BCUT2D eigenvalue weighted by molar-refractivity contribution is 0.0891. The Morgan fingerprint density at radius 2 is 1.97 bits per heavy atom. The molecular weight excluding hydrogens is 398 g/mol. The van der Waals surface area contributed by atoms with Crippen LogP contribution in [0.4, 0.5) is 0 Å². The van der Waals surface area contributed by atoms with Crippen LogP contribution in [0, 0.1) is 0 Å². The minimum Gasteiger partial charge on any atom is -0.507 e. The normalized spacial score (nSPS) is 15.3. The van der Waals surface area contributed by atoms with Gasteiger partial charge in [0.25, 0.3) is 0 Å². The van der Waals surface area contributed by atoms with E-state index in [9.17, 15) is 14.7 Å². The molecule has 0 saturated carbocycles. The number of furan rings is 1. The molecule has 0 amide bonds. The molecule has 0 spiro atoms. The molecule has 0 atom stereocenters. The van der Waals surface area contributed by atoms with Gasteiger partial charge in [-0.05, 0) is 25.2 Å². The number of carbonyl (C=O) groups is 2. The maximum Gasteiger partial charge on any atom is 0.178 e. The molecule has 0 bridgehead atoms. The number of ether oxygens (including phenoxy) is 1. The van der Waals surface area contributed by atoms with Gasteiger partial charge in [0.1, 0.15) is 22.6 Å². The third-order valence-corrected chi connectivity index (χ3v) is 5.70. The lowest BCUT2D eigenvalue weighted by Gasteiger charge is -2.32. The molecule has 162 valence electrons. The van der Waals surface area contributed by atoms with Gasteiger partial charge in [-0.2, -0.15) is 0 Å². The molecule has 1 aromatic carbocycles. The van der Waals surface area contributed by atoms with E-state index in [1.165, 1.54) is 19.6 Å². The second kappa shape index (κ2) is 8.87. The number of fused-ring (bicyclic) bond motifs is 1. The number of pyridine rings is 1. The molecule has 1 saturated heterocycles. The second-order valence-electron chi connectivity index (χ2n) is 7.74. The Hall–Kier alpha value is -3.23. The zero-order chi connectivity index (χ0) is 22.0. The Bertz CT molecular complexity index is 1100. The number of phenolic OH excluding ortho intramolecular Hbond substituents is 1. The molecule has 8 heteroatoms. The predicted octanol–water partition coefficient (Wildman–Crippen LogP) is 2.75. The quantitative estimate of drug-likeness (QED) is 0.458. The zero-order valence-corrected chi connectivity index (χ0v) is 17.6. The molecule has 1 aliphatic heterocycles. The van der Waals surface area contributed by atoms with Crippen LogP contribution in [0.5, 0.6) is 11.5 Å². The van der Waals surface area contributed by atoms with Gasteiger partial charge in [0.15, 0.2) is 11.6 Å². The van der Waals surface area contributed by atoms with Crippen LogP contribution in [0.3, 0.4) is 0 Å². The van der Waals surface area contributed by atoms with E-state index in [4.69, 9.17) is 9.15 Å². The summed E-state index contributed by atoms with van der Waals surface area (Å²) in [5.41, 5.74) is 1.38. The van der Waals surface area contributed by atoms with Crippen molar-refractivity contribution in [2.24, 2.45) is 0 Å². The molecule has 3 aromatic rings. The van der Waals surface area contributed by atoms with Crippen molar-refractivity contribution in [2.45, 2.75) is 13.0 Å². The molecule has 3 heterocycles. The van der Waals surface area contributed by atoms with E-state index >= 15 is 0 Å². The molecule has 1 fully saturated rings. The lowest BCUT2D eigenvalue weighted by atomic mass is 9.96. The Morgan fingerprint density at radius 1 is 1.19 bits per heavy atom. The van der Waals surface area contributed by atoms with Gasteiger partial charge in [0.2, 0.25) is 0 Å². The predicted molar refractivity (Wildman–Crippen MR) is 115 cm³/mol. The minimum absolute atomic E-state index is 0.0118. The fourth-order valence-electron chi connectivity index (χ4n) is 3.93. The van der Waals surface area contributed by atoms with Crippen molar-refractivity contribution in [3.63, 3.8) is 0 Å². The van der Waals surface area contributed by atoms with E-state index in [1.54, 1.807) is 24.4 Å². The molecule has 4 rings (SSSR count). The molecule has 2 aromatic heterocycles. The number of methoxy groups -OCH3 is 1. The summed E-state index contributed by atoms with van der Waals surface area (Å²) in [6.07, 6.45) is 4.10. The van der Waals surface area contributed by atoms with Gasteiger partial charge < -0.3 is 19.2 Å². The Kier molecular flexibility index (Phi) is 6.01. The number of piperazine rings is 1. The average Bonchev–Trinajstić information content (AvgIpc) is 3.26. The largest absolute Gasteiger partial charge is 0.507 e. The number of carbonyl (C=O) groups excluding carboxylic acids is 2. The van der Waals surface area contributed by atoms with Gasteiger partial charge in [0.05, 0.1) is 30.7 Å².